The van der Waals surface area contributed by atoms with Crippen molar-refractivity contribution in [3.63, 3.8) is 0 Å². The minimum atomic E-state index is -0.102. The van der Waals surface area contributed by atoms with Crippen molar-refractivity contribution in [3.8, 4) is 11.5 Å². The van der Waals surface area contributed by atoms with Gasteiger partial charge in [-0.25, -0.2) is 0 Å². The molecule has 1 aliphatic rings. The lowest BCUT2D eigenvalue weighted by molar-refractivity contribution is 0.101. The Morgan fingerprint density at radius 1 is 0.964 bits per heavy atom. The number of Topliss-reactive ketones (excluding diaryl/α,β-unsaturated/α-hetero) is 1. The van der Waals surface area contributed by atoms with Crippen molar-refractivity contribution < 1.29 is 14.3 Å². The van der Waals surface area contributed by atoms with Gasteiger partial charge >= 0.3 is 0 Å². The Bertz CT molecular complexity index is 1070. The summed E-state index contributed by atoms with van der Waals surface area (Å²) in [5.41, 5.74) is 3.41. The number of halogens is 2. The highest BCUT2D eigenvalue weighted by Crippen LogP contribution is 2.37. The molecular weight excluding hydrogens is 484 g/mol. The highest BCUT2D eigenvalue weighted by Gasteiger charge is 2.30. The summed E-state index contributed by atoms with van der Waals surface area (Å²) >= 11 is 6.84. The van der Waals surface area contributed by atoms with Gasteiger partial charge in [-0.1, -0.05) is 56.1 Å². The van der Waals surface area contributed by atoms with Crippen LogP contribution in [0.4, 0.5) is 0 Å². The molecule has 0 amide bonds. The topological polar surface area (TPSA) is 35.5 Å². The van der Waals surface area contributed by atoms with E-state index in [-0.39, 0.29) is 5.78 Å². The second-order valence-corrected chi connectivity index (χ2v) is 8.35. The van der Waals surface area contributed by atoms with Crippen LogP contribution in [0.3, 0.4) is 0 Å². The van der Waals surface area contributed by atoms with Gasteiger partial charge in [0, 0.05) is 15.0 Å². The molecule has 0 fully saturated rings. The first-order valence-electron chi connectivity index (χ1n) is 8.71. The van der Waals surface area contributed by atoms with E-state index in [2.05, 4.69) is 31.9 Å². The fraction of sp³-hybridized carbons (Fsp3) is 0.0870. The molecule has 0 bridgehead atoms. The van der Waals surface area contributed by atoms with Gasteiger partial charge in [0.2, 0.25) is 5.78 Å². The van der Waals surface area contributed by atoms with Crippen LogP contribution in [0.15, 0.2) is 75.4 Å². The van der Waals surface area contributed by atoms with Crippen molar-refractivity contribution >= 4 is 43.7 Å². The molecule has 0 radical (unpaired) electrons. The number of allylic oxidation sites excluding steroid dienone is 1. The van der Waals surface area contributed by atoms with Gasteiger partial charge in [0.25, 0.3) is 0 Å². The second kappa shape index (κ2) is 7.94. The molecule has 0 atom stereocenters. The molecule has 0 saturated carbocycles. The molecule has 0 spiro atoms. The van der Waals surface area contributed by atoms with Crippen LogP contribution < -0.4 is 9.47 Å². The normalized spacial score (nSPS) is 14.1. The molecule has 1 heterocycles. The second-order valence-electron chi connectivity index (χ2n) is 6.52. The predicted molar refractivity (Wildman–Crippen MR) is 117 cm³/mol. The first-order valence-corrected chi connectivity index (χ1v) is 10.3. The minimum absolute atomic E-state index is 0.102. The average molecular weight is 500 g/mol. The number of carbonyl (C=O) groups is 1. The third-order valence-corrected chi connectivity index (χ3v) is 5.49. The summed E-state index contributed by atoms with van der Waals surface area (Å²) in [5, 5.41) is 0. The summed E-state index contributed by atoms with van der Waals surface area (Å²) in [6.07, 6.45) is 1.76. The van der Waals surface area contributed by atoms with E-state index >= 15 is 0 Å². The zero-order valence-electron chi connectivity index (χ0n) is 15.0. The number of benzene rings is 3. The monoisotopic (exact) mass is 498 g/mol. The molecule has 0 aliphatic carbocycles. The zero-order chi connectivity index (χ0) is 19.7. The molecule has 3 aromatic rings. The van der Waals surface area contributed by atoms with E-state index in [0.29, 0.717) is 29.4 Å². The molecule has 3 aromatic carbocycles. The van der Waals surface area contributed by atoms with Gasteiger partial charge in [0.15, 0.2) is 5.76 Å². The number of aryl methyl sites for hydroxylation is 1. The van der Waals surface area contributed by atoms with Crippen LogP contribution in [0.2, 0.25) is 0 Å². The summed E-state index contributed by atoms with van der Waals surface area (Å²) in [5.74, 6) is 1.44. The molecule has 4 rings (SSSR count). The first kappa shape index (κ1) is 19.0. The molecule has 28 heavy (non-hydrogen) atoms. The van der Waals surface area contributed by atoms with Crippen molar-refractivity contribution in [1.29, 1.82) is 0 Å². The molecule has 0 aromatic heterocycles. The van der Waals surface area contributed by atoms with Crippen molar-refractivity contribution in [1.82, 2.24) is 0 Å². The van der Waals surface area contributed by atoms with Crippen LogP contribution in [0.5, 0.6) is 11.5 Å². The molecule has 0 N–H and O–H groups in total. The van der Waals surface area contributed by atoms with Crippen LogP contribution in [-0.2, 0) is 6.61 Å². The van der Waals surface area contributed by atoms with E-state index in [1.165, 1.54) is 0 Å². The Morgan fingerprint density at radius 3 is 2.29 bits per heavy atom. The van der Waals surface area contributed by atoms with E-state index < -0.39 is 0 Å². The Labute approximate surface area is 180 Å². The largest absolute Gasteiger partial charge is 0.489 e. The lowest BCUT2D eigenvalue weighted by Crippen LogP contribution is -2.00. The summed E-state index contributed by atoms with van der Waals surface area (Å²) in [6.45, 7) is 2.34. The summed E-state index contributed by atoms with van der Waals surface area (Å²) in [7, 11) is 0. The highest BCUT2D eigenvalue weighted by molar-refractivity contribution is 9.10. The fourth-order valence-corrected chi connectivity index (χ4v) is 3.55. The van der Waals surface area contributed by atoms with Gasteiger partial charge in [0.1, 0.15) is 18.1 Å². The summed E-state index contributed by atoms with van der Waals surface area (Å²) in [4.78, 5) is 12.8. The summed E-state index contributed by atoms with van der Waals surface area (Å²) in [6, 6.07) is 19.3. The molecule has 3 nitrogen and oxygen atoms in total. The molecule has 0 unspecified atom stereocenters. The Hall–Kier alpha value is -2.37. The van der Waals surface area contributed by atoms with E-state index in [0.717, 1.165) is 25.6 Å². The first-order chi connectivity index (χ1) is 13.5. The van der Waals surface area contributed by atoms with E-state index in [4.69, 9.17) is 9.47 Å². The zero-order valence-corrected chi connectivity index (χ0v) is 18.2. The van der Waals surface area contributed by atoms with Crippen molar-refractivity contribution in [3.05, 3.63) is 97.6 Å². The van der Waals surface area contributed by atoms with E-state index in [1.807, 2.05) is 61.5 Å². The number of rotatable bonds is 4. The Morgan fingerprint density at radius 2 is 1.61 bits per heavy atom. The number of hydrogen-bond acceptors (Lipinski definition) is 3. The minimum Gasteiger partial charge on any atom is -0.489 e. The van der Waals surface area contributed by atoms with E-state index in [9.17, 15) is 4.79 Å². The van der Waals surface area contributed by atoms with Crippen LogP contribution in [0.25, 0.3) is 6.08 Å². The number of hydrogen-bond donors (Lipinski definition) is 0. The van der Waals surface area contributed by atoms with Gasteiger partial charge in [-0.15, -0.1) is 0 Å². The van der Waals surface area contributed by atoms with E-state index in [1.54, 1.807) is 12.1 Å². The number of carbonyl (C=O) groups excluding carboxylic acids is 1. The lowest BCUT2D eigenvalue weighted by Gasteiger charge is -2.09. The number of ketones is 1. The van der Waals surface area contributed by atoms with Gasteiger partial charge < -0.3 is 9.47 Å². The lowest BCUT2D eigenvalue weighted by atomic mass is 10.0. The maximum absolute atomic E-state index is 12.8. The Balaban J connectivity index is 1.55. The number of fused-ring (bicyclic) bond motifs is 1. The average Bonchev–Trinajstić information content (AvgIpc) is 2.99. The smallest absolute Gasteiger partial charge is 0.232 e. The number of ether oxygens (including phenoxy) is 2. The third-order valence-electron chi connectivity index (χ3n) is 4.43. The SMILES string of the molecule is Cc1cc(OCc2ccc(Br)cc2)cc2c1C(=O)/C(=C/c1ccc(Br)cc1)O2. The van der Waals surface area contributed by atoms with Crippen LogP contribution in [0.1, 0.15) is 27.0 Å². The quantitative estimate of drug-likeness (QED) is 0.374. The van der Waals surface area contributed by atoms with Gasteiger partial charge in [-0.05, 0) is 60.0 Å². The molecule has 1 aliphatic heterocycles. The van der Waals surface area contributed by atoms with Crippen LogP contribution in [0, 0.1) is 6.92 Å². The maximum atomic E-state index is 12.8. The van der Waals surface area contributed by atoms with Crippen molar-refractivity contribution in [2.45, 2.75) is 13.5 Å². The summed E-state index contributed by atoms with van der Waals surface area (Å²) < 4.78 is 13.8. The van der Waals surface area contributed by atoms with Gasteiger partial charge in [-0.3, -0.25) is 4.79 Å². The van der Waals surface area contributed by atoms with Crippen molar-refractivity contribution in [2.75, 3.05) is 0 Å². The Kier molecular flexibility index (Phi) is 5.38. The molecule has 140 valence electrons. The molecular formula is C23H16Br2O3. The fourth-order valence-electron chi connectivity index (χ4n) is 3.02. The van der Waals surface area contributed by atoms with Gasteiger partial charge in [0.05, 0.1) is 5.56 Å². The standard InChI is InChI=1S/C23H16Br2O3/c1-14-10-19(27-13-16-4-8-18(25)9-5-16)12-20-22(14)23(26)21(28-20)11-15-2-6-17(24)7-3-15/h2-12H,13H2,1H3/b21-11-. The van der Waals surface area contributed by atoms with Crippen LogP contribution in [-0.4, -0.2) is 5.78 Å². The maximum Gasteiger partial charge on any atom is 0.232 e. The molecule has 0 saturated heterocycles. The van der Waals surface area contributed by atoms with Gasteiger partial charge in [-0.2, -0.15) is 0 Å². The van der Waals surface area contributed by atoms with Crippen LogP contribution >= 0.6 is 31.9 Å². The van der Waals surface area contributed by atoms with Crippen molar-refractivity contribution in [2.24, 2.45) is 0 Å². The predicted octanol–water partition coefficient (Wildman–Crippen LogP) is 6.72. The third kappa shape index (κ3) is 4.05. The highest BCUT2D eigenvalue weighted by atomic mass is 79.9. The molecule has 5 heteroatoms.